The van der Waals surface area contributed by atoms with E-state index in [-0.39, 0.29) is 24.0 Å². The molecule has 150 valence electrons. The molecule has 0 aliphatic heterocycles. The number of thiophene rings is 1. The third-order valence-electron chi connectivity index (χ3n) is 3.89. The first-order chi connectivity index (χ1) is 13.2. The molecule has 0 radical (unpaired) electrons. The van der Waals surface area contributed by atoms with E-state index >= 15 is 0 Å². The first kappa shape index (κ1) is 22.6. The zero-order valence-electron chi connectivity index (χ0n) is 15.8. The van der Waals surface area contributed by atoms with Crippen LogP contribution in [-0.4, -0.2) is 41.1 Å². The molecule has 0 unspecified atom stereocenters. The number of aliphatic imine (C=N–C) groups is 1. The second-order valence-electron chi connectivity index (χ2n) is 5.94. The van der Waals surface area contributed by atoms with Crippen LogP contribution < -0.4 is 5.32 Å². The Bertz CT molecular complexity index is 884. The molecular weight excluding hydrogens is 509 g/mol. The van der Waals surface area contributed by atoms with Gasteiger partial charge in [-0.1, -0.05) is 35.0 Å². The number of likely N-dealkylation sites (N-methyl/N-ethyl adjacent to an activating group) is 1. The Labute approximate surface area is 191 Å². The van der Waals surface area contributed by atoms with Gasteiger partial charge in [-0.3, -0.25) is 0 Å². The molecule has 3 rings (SSSR count). The summed E-state index contributed by atoms with van der Waals surface area (Å²) < 4.78 is 5.33. The first-order valence-corrected chi connectivity index (χ1v) is 10.0. The predicted octanol–water partition coefficient (Wildman–Crippen LogP) is 4.71. The minimum absolute atomic E-state index is 0. The Morgan fingerprint density at radius 1 is 1.32 bits per heavy atom. The normalized spacial score (nSPS) is 11.2. The lowest BCUT2D eigenvalue weighted by atomic mass is 10.2. The summed E-state index contributed by atoms with van der Waals surface area (Å²) in [5.41, 5.74) is 0.821. The van der Waals surface area contributed by atoms with Crippen molar-refractivity contribution in [2.75, 3.05) is 20.1 Å². The van der Waals surface area contributed by atoms with E-state index in [1.54, 1.807) is 11.3 Å². The zero-order chi connectivity index (χ0) is 19.1. The summed E-state index contributed by atoms with van der Waals surface area (Å²) in [4.78, 5) is 12.5. The van der Waals surface area contributed by atoms with Crippen molar-refractivity contribution in [1.82, 2.24) is 20.4 Å². The van der Waals surface area contributed by atoms with Crippen LogP contribution >= 0.6 is 46.9 Å². The van der Waals surface area contributed by atoms with Gasteiger partial charge in [-0.05, 0) is 36.9 Å². The SMILES string of the molecule is CCNC(=NCc1nc(-c2cccc(Cl)c2)no1)N(C)CCc1cccs1.I. The number of halogens is 2. The highest BCUT2D eigenvalue weighted by molar-refractivity contribution is 14.0. The summed E-state index contributed by atoms with van der Waals surface area (Å²) in [6.07, 6.45) is 0.984. The van der Waals surface area contributed by atoms with E-state index in [1.807, 2.05) is 38.2 Å². The summed E-state index contributed by atoms with van der Waals surface area (Å²) >= 11 is 7.79. The third-order valence-corrected chi connectivity index (χ3v) is 5.06. The topological polar surface area (TPSA) is 66.5 Å². The maximum atomic E-state index is 6.02. The smallest absolute Gasteiger partial charge is 0.248 e. The lowest BCUT2D eigenvalue weighted by Crippen LogP contribution is -2.39. The van der Waals surface area contributed by atoms with Crippen LogP contribution in [0.25, 0.3) is 11.4 Å². The van der Waals surface area contributed by atoms with Gasteiger partial charge in [0.05, 0.1) is 0 Å². The quantitative estimate of drug-likeness (QED) is 0.272. The number of hydrogen-bond donors (Lipinski definition) is 1. The van der Waals surface area contributed by atoms with Crippen molar-refractivity contribution in [2.45, 2.75) is 19.9 Å². The molecule has 0 saturated heterocycles. The van der Waals surface area contributed by atoms with Crippen LogP contribution in [0.5, 0.6) is 0 Å². The van der Waals surface area contributed by atoms with Crippen LogP contribution in [0.2, 0.25) is 5.02 Å². The second-order valence-corrected chi connectivity index (χ2v) is 7.41. The van der Waals surface area contributed by atoms with E-state index in [9.17, 15) is 0 Å². The summed E-state index contributed by atoms with van der Waals surface area (Å²) in [6.45, 7) is 4.04. The van der Waals surface area contributed by atoms with Crippen molar-refractivity contribution >= 4 is 52.9 Å². The fourth-order valence-electron chi connectivity index (χ4n) is 2.51. The lowest BCUT2D eigenvalue weighted by Gasteiger charge is -2.21. The molecule has 0 amide bonds. The molecule has 2 heterocycles. The van der Waals surface area contributed by atoms with E-state index in [0.29, 0.717) is 23.3 Å². The summed E-state index contributed by atoms with van der Waals surface area (Å²) in [5, 5.41) is 10.1. The molecule has 0 spiro atoms. The van der Waals surface area contributed by atoms with Crippen molar-refractivity contribution in [3.05, 3.63) is 57.6 Å². The Hall–Kier alpha value is -1.65. The number of guanidine groups is 1. The molecule has 1 N–H and O–H groups in total. The van der Waals surface area contributed by atoms with Crippen molar-refractivity contribution < 1.29 is 4.52 Å². The highest BCUT2D eigenvalue weighted by Gasteiger charge is 2.11. The number of hydrogen-bond acceptors (Lipinski definition) is 5. The molecule has 0 aliphatic rings. The molecular formula is C19H23ClIN5OS. The van der Waals surface area contributed by atoms with Crippen LogP contribution in [0.4, 0.5) is 0 Å². The average Bonchev–Trinajstić information content (AvgIpc) is 3.35. The van der Waals surface area contributed by atoms with Crippen LogP contribution in [0.1, 0.15) is 17.7 Å². The summed E-state index contributed by atoms with van der Waals surface area (Å²) in [7, 11) is 2.03. The molecule has 3 aromatic rings. The van der Waals surface area contributed by atoms with Crippen molar-refractivity contribution in [3.8, 4) is 11.4 Å². The molecule has 0 saturated carbocycles. The van der Waals surface area contributed by atoms with Crippen molar-refractivity contribution in [1.29, 1.82) is 0 Å². The van der Waals surface area contributed by atoms with E-state index in [4.69, 9.17) is 16.1 Å². The van der Waals surface area contributed by atoms with Crippen LogP contribution in [0.15, 0.2) is 51.3 Å². The average molecular weight is 532 g/mol. The van der Waals surface area contributed by atoms with Gasteiger partial charge in [0.1, 0.15) is 6.54 Å². The van der Waals surface area contributed by atoms with Crippen LogP contribution in [-0.2, 0) is 13.0 Å². The maximum Gasteiger partial charge on any atom is 0.248 e. The van der Waals surface area contributed by atoms with Gasteiger partial charge in [0.2, 0.25) is 11.7 Å². The second kappa shape index (κ2) is 11.4. The highest BCUT2D eigenvalue weighted by atomic mass is 127. The fourth-order valence-corrected chi connectivity index (χ4v) is 3.40. The monoisotopic (exact) mass is 531 g/mol. The number of nitrogens with one attached hydrogen (secondary N) is 1. The van der Waals surface area contributed by atoms with E-state index in [2.05, 4.69) is 42.9 Å². The molecule has 0 aliphatic carbocycles. The maximum absolute atomic E-state index is 6.02. The number of benzene rings is 1. The standard InChI is InChI=1S/C19H22ClN5OS.HI/c1-3-21-19(25(2)10-9-16-8-5-11-27-16)22-13-17-23-18(24-26-17)14-6-4-7-15(20)12-14;/h4-8,11-12H,3,9-10,13H2,1-2H3,(H,21,22);1H. The number of nitrogens with zero attached hydrogens (tertiary/aromatic N) is 4. The molecule has 0 fully saturated rings. The molecule has 0 atom stereocenters. The third kappa shape index (κ3) is 6.46. The Kier molecular flexibility index (Phi) is 9.20. The Balaban J connectivity index is 0.00000280. The molecule has 28 heavy (non-hydrogen) atoms. The van der Waals surface area contributed by atoms with Crippen LogP contribution in [0, 0.1) is 0 Å². The van der Waals surface area contributed by atoms with Gasteiger partial charge in [0.15, 0.2) is 5.96 Å². The van der Waals surface area contributed by atoms with Crippen molar-refractivity contribution in [2.24, 2.45) is 4.99 Å². The van der Waals surface area contributed by atoms with Gasteiger partial charge >= 0.3 is 0 Å². The lowest BCUT2D eigenvalue weighted by molar-refractivity contribution is 0.379. The molecule has 9 heteroatoms. The first-order valence-electron chi connectivity index (χ1n) is 8.76. The molecule has 2 aromatic heterocycles. The van der Waals surface area contributed by atoms with Gasteiger partial charge in [-0.25, -0.2) is 4.99 Å². The summed E-state index contributed by atoms with van der Waals surface area (Å²) in [5.74, 6) is 1.79. The number of rotatable bonds is 7. The molecule has 1 aromatic carbocycles. The minimum atomic E-state index is 0. The van der Waals surface area contributed by atoms with Gasteiger partial charge < -0.3 is 14.7 Å². The largest absolute Gasteiger partial charge is 0.357 e. The number of aromatic nitrogens is 2. The molecule has 6 nitrogen and oxygen atoms in total. The van der Waals surface area contributed by atoms with E-state index < -0.39 is 0 Å². The summed E-state index contributed by atoms with van der Waals surface area (Å²) in [6, 6.07) is 11.6. The van der Waals surface area contributed by atoms with Gasteiger partial charge in [-0.2, -0.15) is 4.98 Å². The van der Waals surface area contributed by atoms with Gasteiger partial charge in [-0.15, -0.1) is 35.3 Å². The van der Waals surface area contributed by atoms with Gasteiger partial charge in [0, 0.05) is 35.6 Å². The van der Waals surface area contributed by atoms with Crippen molar-refractivity contribution in [3.63, 3.8) is 0 Å². The fraction of sp³-hybridized carbons (Fsp3) is 0.316. The predicted molar refractivity (Wildman–Crippen MR) is 126 cm³/mol. The van der Waals surface area contributed by atoms with E-state index in [0.717, 1.165) is 31.0 Å². The van der Waals surface area contributed by atoms with E-state index in [1.165, 1.54) is 4.88 Å². The highest BCUT2D eigenvalue weighted by Crippen LogP contribution is 2.20. The minimum Gasteiger partial charge on any atom is -0.357 e. The van der Waals surface area contributed by atoms with Crippen LogP contribution in [0.3, 0.4) is 0 Å². The van der Waals surface area contributed by atoms with Gasteiger partial charge in [0.25, 0.3) is 0 Å². The Morgan fingerprint density at radius 2 is 2.18 bits per heavy atom. The molecule has 0 bridgehead atoms. The zero-order valence-corrected chi connectivity index (χ0v) is 19.7. The Morgan fingerprint density at radius 3 is 2.89 bits per heavy atom.